The molecule has 1 fully saturated rings. The summed E-state index contributed by atoms with van der Waals surface area (Å²) in [7, 11) is 0. The van der Waals surface area contributed by atoms with Crippen molar-refractivity contribution in [2.45, 2.75) is 13.3 Å². The van der Waals surface area contributed by atoms with Gasteiger partial charge in [0.15, 0.2) is 0 Å². The summed E-state index contributed by atoms with van der Waals surface area (Å²) < 4.78 is 0. The maximum absolute atomic E-state index is 12.8. The van der Waals surface area contributed by atoms with Gasteiger partial charge in [0.2, 0.25) is 0 Å². The van der Waals surface area contributed by atoms with Crippen LogP contribution in [0.1, 0.15) is 23.8 Å². The molecule has 1 aromatic carbocycles. The number of amides is 1. The van der Waals surface area contributed by atoms with Gasteiger partial charge in [-0.15, -0.1) is 0 Å². The SMILES string of the molecule is C[C@H]1CCN(C(=O)c2cccc(-c3cnc4[nH]c(-c5ccccc5)cc4c3)n2)C1. The molecule has 1 N–H and O–H groups in total. The zero-order valence-electron chi connectivity index (χ0n) is 16.3. The van der Waals surface area contributed by atoms with Crippen molar-refractivity contribution in [3.63, 3.8) is 0 Å². The topological polar surface area (TPSA) is 61.9 Å². The van der Waals surface area contributed by atoms with Crippen molar-refractivity contribution >= 4 is 16.9 Å². The molecule has 5 heteroatoms. The number of hydrogen-bond donors (Lipinski definition) is 1. The highest BCUT2D eigenvalue weighted by molar-refractivity contribution is 5.93. The predicted molar refractivity (Wildman–Crippen MR) is 114 cm³/mol. The molecule has 144 valence electrons. The van der Waals surface area contributed by atoms with E-state index in [0.717, 1.165) is 53.1 Å². The molecule has 1 atom stereocenters. The van der Waals surface area contributed by atoms with Gasteiger partial charge in [0.25, 0.3) is 5.91 Å². The average molecular weight is 382 g/mol. The minimum Gasteiger partial charge on any atom is -0.339 e. The highest BCUT2D eigenvalue weighted by Crippen LogP contribution is 2.27. The maximum atomic E-state index is 12.8. The summed E-state index contributed by atoms with van der Waals surface area (Å²) in [5, 5.41) is 1.02. The number of aromatic nitrogens is 3. The van der Waals surface area contributed by atoms with Crippen LogP contribution >= 0.6 is 0 Å². The van der Waals surface area contributed by atoms with Crippen LogP contribution in [0.2, 0.25) is 0 Å². The van der Waals surface area contributed by atoms with Crippen LogP contribution in [0, 0.1) is 5.92 Å². The van der Waals surface area contributed by atoms with Crippen LogP contribution in [0.15, 0.2) is 66.9 Å². The second-order valence-electron chi connectivity index (χ2n) is 7.76. The third kappa shape index (κ3) is 3.40. The Morgan fingerprint density at radius 1 is 1.07 bits per heavy atom. The summed E-state index contributed by atoms with van der Waals surface area (Å²) in [5.41, 5.74) is 5.16. The molecule has 1 aliphatic heterocycles. The highest BCUT2D eigenvalue weighted by atomic mass is 16.2. The number of nitrogens with zero attached hydrogens (tertiary/aromatic N) is 3. The van der Waals surface area contributed by atoms with E-state index in [4.69, 9.17) is 0 Å². The van der Waals surface area contributed by atoms with Crippen molar-refractivity contribution in [2.75, 3.05) is 13.1 Å². The Morgan fingerprint density at radius 3 is 2.72 bits per heavy atom. The molecule has 1 amide bonds. The Morgan fingerprint density at radius 2 is 1.93 bits per heavy atom. The van der Waals surface area contributed by atoms with Gasteiger partial charge in [-0.1, -0.05) is 43.3 Å². The molecule has 0 unspecified atom stereocenters. The van der Waals surface area contributed by atoms with E-state index in [1.54, 1.807) is 6.07 Å². The van der Waals surface area contributed by atoms with E-state index in [-0.39, 0.29) is 5.91 Å². The lowest BCUT2D eigenvalue weighted by Crippen LogP contribution is -2.29. The first-order valence-corrected chi connectivity index (χ1v) is 9.98. The van der Waals surface area contributed by atoms with Crippen LogP contribution in [0.5, 0.6) is 0 Å². The van der Waals surface area contributed by atoms with Gasteiger partial charge in [-0.3, -0.25) is 4.79 Å². The first-order chi connectivity index (χ1) is 14.2. The van der Waals surface area contributed by atoms with Gasteiger partial charge in [0.05, 0.1) is 5.69 Å². The van der Waals surface area contributed by atoms with Crippen molar-refractivity contribution < 1.29 is 4.79 Å². The van der Waals surface area contributed by atoms with Crippen LogP contribution in [-0.4, -0.2) is 38.8 Å². The number of rotatable bonds is 3. The lowest BCUT2D eigenvalue weighted by atomic mass is 10.1. The fourth-order valence-electron chi connectivity index (χ4n) is 3.92. The molecule has 5 nitrogen and oxygen atoms in total. The number of aromatic amines is 1. The Balaban J connectivity index is 1.47. The number of pyridine rings is 2. The van der Waals surface area contributed by atoms with Crippen LogP contribution < -0.4 is 0 Å². The zero-order chi connectivity index (χ0) is 19.8. The van der Waals surface area contributed by atoms with Crippen molar-refractivity contribution in [1.29, 1.82) is 0 Å². The van der Waals surface area contributed by atoms with E-state index in [2.05, 4.69) is 46.1 Å². The number of benzene rings is 1. The van der Waals surface area contributed by atoms with Crippen molar-refractivity contribution in [1.82, 2.24) is 19.9 Å². The predicted octanol–water partition coefficient (Wildman–Crippen LogP) is 4.77. The lowest BCUT2D eigenvalue weighted by Gasteiger charge is -2.15. The third-order valence-corrected chi connectivity index (χ3v) is 5.53. The van der Waals surface area contributed by atoms with E-state index < -0.39 is 0 Å². The van der Waals surface area contributed by atoms with Crippen LogP contribution in [0.25, 0.3) is 33.5 Å². The minimum absolute atomic E-state index is 0.0123. The van der Waals surface area contributed by atoms with E-state index in [1.807, 2.05) is 41.4 Å². The zero-order valence-corrected chi connectivity index (χ0v) is 16.3. The van der Waals surface area contributed by atoms with Crippen molar-refractivity contribution in [3.05, 3.63) is 72.6 Å². The largest absolute Gasteiger partial charge is 0.339 e. The van der Waals surface area contributed by atoms with Crippen LogP contribution in [-0.2, 0) is 0 Å². The Bertz CT molecular complexity index is 1180. The quantitative estimate of drug-likeness (QED) is 0.555. The number of carbonyl (C=O) groups is 1. The van der Waals surface area contributed by atoms with E-state index in [1.165, 1.54) is 0 Å². The number of nitrogens with one attached hydrogen (secondary N) is 1. The van der Waals surface area contributed by atoms with E-state index in [0.29, 0.717) is 11.6 Å². The maximum Gasteiger partial charge on any atom is 0.272 e. The van der Waals surface area contributed by atoms with Crippen molar-refractivity contribution in [3.8, 4) is 22.5 Å². The molecular weight excluding hydrogens is 360 g/mol. The summed E-state index contributed by atoms with van der Waals surface area (Å²) in [6.45, 7) is 3.80. The summed E-state index contributed by atoms with van der Waals surface area (Å²) in [4.78, 5) is 27.3. The first-order valence-electron chi connectivity index (χ1n) is 9.98. The second-order valence-corrected chi connectivity index (χ2v) is 7.76. The molecule has 0 saturated carbocycles. The second kappa shape index (κ2) is 7.17. The molecule has 0 bridgehead atoms. The molecule has 0 radical (unpaired) electrons. The van der Waals surface area contributed by atoms with E-state index >= 15 is 0 Å². The normalized spacial score (nSPS) is 16.4. The van der Waals surface area contributed by atoms with Gasteiger partial charge in [-0.25, -0.2) is 9.97 Å². The summed E-state index contributed by atoms with van der Waals surface area (Å²) >= 11 is 0. The number of H-pyrrole nitrogens is 1. The number of hydrogen-bond acceptors (Lipinski definition) is 3. The minimum atomic E-state index is 0.0123. The van der Waals surface area contributed by atoms with Crippen LogP contribution in [0.4, 0.5) is 0 Å². The van der Waals surface area contributed by atoms with Gasteiger partial charge < -0.3 is 9.88 Å². The van der Waals surface area contributed by atoms with Gasteiger partial charge in [-0.2, -0.15) is 0 Å². The molecule has 0 aliphatic carbocycles. The van der Waals surface area contributed by atoms with Gasteiger partial charge in [0, 0.05) is 35.9 Å². The molecule has 1 aliphatic rings. The van der Waals surface area contributed by atoms with E-state index in [9.17, 15) is 4.79 Å². The molecular formula is C24H22N4O. The average Bonchev–Trinajstić information content (AvgIpc) is 3.39. The fraction of sp³-hybridized carbons (Fsp3) is 0.208. The summed E-state index contributed by atoms with van der Waals surface area (Å²) in [6, 6.07) is 20.0. The summed E-state index contributed by atoms with van der Waals surface area (Å²) in [6.07, 6.45) is 2.87. The number of carbonyl (C=O) groups excluding carboxylic acids is 1. The summed E-state index contributed by atoms with van der Waals surface area (Å²) in [5.74, 6) is 0.569. The molecule has 1 saturated heterocycles. The Kier molecular flexibility index (Phi) is 4.35. The monoisotopic (exact) mass is 382 g/mol. The van der Waals surface area contributed by atoms with Gasteiger partial charge >= 0.3 is 0 Å². The van der Waals surface area contributed by atoms with Gasteiger partial charge in [0.1, 0.15) is 11.3 Å². The molecule has 4 aromatic rings. The molecule has 3 aromatic heterocycles. The van der Waals surface area contributed by atoms with Gasteiger partial charge in [-0.05, 0) is 42.2 Å². The Labute approximate surface area is 169 Å². The first kappa shape index (κ1) is 17.6. The third-order valence-electron chi connectivity index (χ3n) is 5.53. The fourth-order valence-corrected chi connectivity index (χ4v) is 3.92. The Hall–Kier alpha value is -3.47. The molecule has 4 heterocycles. The lowest BCUT2D eigenvalue weighted by molar-refractivity contribution is 0.0782. The highest BCUT2D eigenvalue weighted by Gasteiger charge is 2.25. The van der Waals surface area contributed by atoms with Crippen molar-refractivity contribution in [2.24, 2.45) is 5.92 Å². The number of fused-ring (bicyclic) bond motifs is 1. The number of likely N-dealkylation sites (tertiary alicyclic amines) is 1. The molecule has 0 spiro atoms. The molecule has 5 rings (SSSR count). The smallest absolute Gasteiger partial charge is 0.272 e. The van der Waals surface area contributed by atoms with Crippen LogP contribution in [0.3, 0.4) is 0 Å². The standard InChI is InChI=1S/C24H22N4O/c1-16-10-11-28(15-16)24(29)21-9-5-8-20(26-21)19-12-18-13-22(27-23(18)25-14-19)17-6-3-2-4-7-17/h2-9,12-14,16H,10-11,15H2,1H3,(H,25,27)/t16-/m0/s1. The molecule has 29 heavy (non-hydrogen) atoms.